The van der Waals surface area contributed by atoms with Gasteiger partial charge in [-0.3, -0.25) is 4.79 Å². The minimum Gasteiger partial charge on any atom is -0.368 e. The summed E-state index contributed by atoms with van der Waals surface area (Å²) in [5.74, 6) is -1.64. The van der Waals surface area contributed by atoms with Gasteiger partial charge in [0.25, 0.3) is 11.5 Å². The summed E-state index contributed by atoms with van der Waals surface area (Å²) in [5, 5.41) is 19.3. The number of carbonyl (C=O) groups is 1. The van der Waals surface area contributed by atoms with Crippen LogP contribution in [0.2, 0.25) is 0 Å². The number of halogens is 3. The molecule has 14 heavy (non-hydrogen) atoms. The molecule has 0 radical (unpaired) electrons. The molecule has 1 amide bonds. The third kappa shape index (κ3) is 1.08. The molecule has 76 valence electrons. The van der Waals surface area contributed by atoms with Crippen LogP contribution in [-0.2, 0) is 4.79 Å². The van der Waals surface area contributed by atoms with Crippen molar-refractivity contribution in [1.29, 1.82) is 5.26 Å². The normalized spacial score (nSPS) is 27.6. The molecule has 1 heterocycles. The van der Waals surface area contributed by atoms with Gasteiger partial charge in [-0.2, -0.15) is 18.4 Å². The molecule has 0 fully saturated rings. The Morgan fingerprint density at radius 2 is 2.07 bits per heavy atom. The summed E-state index contributed by atoms with van der Waals surface area (Å²) < 4.78 is 36.9. The number of hydrogen-bond acceptors (Lipinski definition) is 3. The lowest BCUT2D eigenvalue weighted by molar-refractivity contribution is -0.234. The molecule has 1 aliphatic rings. The van der Waals surface area contributed by atoms with E-state index < -0.39 is 23.3 Å². The molecule has 7 heteroatoms. The summed E-state index contributed by atoms with van der Waals surface area (Å²) in [6, 6.07) is 1.17. The van der Waals surface area contributed by atoms with Crippen LogP contribution in [0.25, 0.3) is 0 Å². The Labute approximate surface area is 76.6 Å². The van der Waals surface area contributed by atoms with Crippen molar-refractivity contribution in [3.05, 3.63) is 11.3 Å². The molecule has 0 spiro atoms. The van der Waals surface area contributed by atoms with Crippen molar-refractivity contribution in [2.45, 2.75) is 18.7 Å². The number of carbonyl (C=O) groups excluding carboxylic acids is 1. The molecule has 2 N–H and O–H groups in total. The Morgan fingerprint density at radius 1 is 1.57 bits per heavy atom. The van der Waals surface area contributed by atoms with Gasteiger partial charge < -0.3 is 10.4 Å². The Balaban J connectivity index is 3.36. The lowest BCUT2D eigenvalue weighted by Gasteiger charge is -2.22. The first-order valence-electron chi connectivity index (χ1n) is 3.47. The lowest BCUT2D eigenvalue weighted by Crippen LogP contribution is -2.53. The second kappa shape index (κ2) is 2.72. The fraction of sp³-hybridized carbons (Fsp3) is 0.429. The highest BCUT2D eigenvalue weighted by molar-refractivity contribution is 5.95. The van der Waals surface area contributed by atoms with Crippen molar-refractivity contribution in [2.24, 2.45) is 0 Å². The van der Waals surface area contributed by atoms with Crippen LogP contribution in [0.15, 0.2) is 11.3 Å². The number of amides is 1. The molecular formula is C7H5F3N2O2. The monoisotopic (exact) mass is 206 g/mol. The van der Waals surface area contributed by atoms with Crippen molar-refractivity contribution < 1.29 is 23.1 Å². The molecule has 0 aliphatic carbocycles. The smallest absolute Gasteiger partial charge is 0.368 e. The molecule has 0 bridgehead atoms. The number of nitrogens with zero attached hydrogens (tertiary/aromatic N) is 1. The van der Waals surface area contributed by atoms with E-state index >= 15 is 0 Å². The summed E-state index contributed by atoms with van der Waals surface area (Å²) in [4.78, 5) is 10.8. The predicted molar refractivity (Wildman–Crippen MR) is 37.5 cm³/mol. The fourth-order valence-corrected chi connectivity index (χ4v) is 1.14. The van der Waals surface area contributed by atoms with Gasteiger partial charge in [-0.05, 0) is 6.92 Å². The molecule has 1 atom stereocenters. The van der Waals surface area contributed by atoms with Crippen LogP contribution in [0, 0.1) is 11.3 Å². The third-order valence-electron chi connectivity index (χ3n) is 1.89. The van der Waals surface area contributed by atoms with E-state index in [4.69, 9.17) is 10.4 Å². The summed E-state index contributed by atoms with van der Waals surface area (Å²) >= 11 is 0. The van der Waals surface area contributed by atoms with E-state index in [1.54, 1.807) is 5.32 Å². The second-order valence-corrected chi connectivity index (χ2v) is 2.77. The third-order valence-corrected chi connectivity index (χ3v) is 1.89. The van der Waals surface area contributed by atoms with Gasteiger partial charge in [-0.15, -0.1) is 0 Å². The zero-order valence-corrected chi connectivity index (χ0v) is 6.94. The number of alkyl halides is 3. The minimum atomic E-state index is -5.19. The first-order valence-corrected chi connectivity index (χ1v) is 3.47. The summed E-state index contributed by atoms with van der Waals surface area (Å²) in [7, 11) is 0. The van der Waals surface area contributed by atoms with Crippen LogP contribution < -0.4 is 5.32 Å². The van der Waals surface area contributed by atoms with E-state index in [-0.39, 0.29) is 5.70 Å². The van der Waals surface area contributed by atoms with Crippen molar-refractivity contribution in [2.75, 3.05) is 0 Å². The summed E-state index contributed by atoms with van der Waals surface area (Å²) in [6.45, 7) is 1.11. The van der Waals surface area contributed by atoms with E-state index in [0.717, 1.165) is 6.92 Å². The Bertz CT molecular complexity index is 366. The maximum absolute atomic E-state index is 12.3. The second-order valence-electron chi connectivity index (χ2n) is 2.77. The molecule has 0 saturated carbocycles. The number of rotatable bonds is 0. The van der Waals surface area contributed by atoms with Crippen molar-refractivity contribution >= 4 is 5.91 Å². The molecule has 1 aliphatic heterocycles. The lowest BCUT2D eigenvalue weighted by atomic mass is 9.95. The summed E-state index contributed by atoms with van der Waals surface area (Å²) in [6.07, 6.45) is -5.19. The SMILES string of the molecule is CC1=C(C#N)C(O)(C(F)(F)F)C(=O)N1. The van der Waals surface area contributed by atoms with Gasteiger partial charge in [0, 0.05) is 5.70 Å². The highest BCUT2D eigenvalue weighted by atomic mass is 19.4. The van der Waals surface area contributed by atoms with E-state index in [1.165, 1.54) is 6.07 Å². The average Bonchev–Trinajstić information content (AvgIpc) is 2.23. The zero-order valence-electron chi connectivity index (χ0n) is 6.94. The Hall–Kier alpha value is -1.55. The van der Waals surface area contributed by atoms with Gasteiger partial charge in [0.1, 0.15) is 6.07 Å². The van der Waals surface area contributed by atoms with Gasteiger partial charge in [0.2, 0.25) is 0 Å². The highest BCUT2D eigenvalue weighted by Gasteiger charge is 2.65. The first-order chi connectivity index (χ1) is 6.25. The number of hydrogen-bond donors (Lipinski definition) is 2. The van der Waals surface area contributed by atoms with E-state index in [2.05, 4.69) is 0 Å². The molecular weight excluding hydrogens is 201 g/mol. The van der Waals surface area contributed by atoms with E-state index in [1.807, 2.05) is 0 Å². The Kier molecular flexibility index (Phi) is 2.04. The number of aliphatic hydroxyl groups is 1. The maximum atomic E-state index is 12.3. The van der Waals surface area contributed by atoms with Gasteiger partial charge in [-0.1, -0.05) is 0 Å². The van der Waals surface area contributed by atoms with Crippen LogP contribution in [-0.4, -0.2) is 22.8 Å². The maximum Gasteiger partial charge on any atom is 0.431 e. The van der Waals surface area contributed by atoms with Gasteiger partial charge >= 0.3 is 6.18 Å². The van der Waals surface area contributed by atoms with Crippen LogP contribution in [0.1, 0.15) is 6.92 Å². The zero-order chi connectivity index (χ0) is 11.1. The van der Waals surface area contributed by atoms with Crippen LogP contribution >= 0.6 is 0 Å². The Morgan fingerprint density at radius 3 is 2.36 bits per heavy atom. The molecule has 0 aromatic rings. The van der Waals surface area contributed by atoms with E-state index in [9.17, 15) is 18.0 Å². The molecule has 0 saturated heterocycles. The van der Waals surface area contributed by atoms with Crippen LogP contribution in [0.5, 0.6) is 0 Å². The average molecular weight is 206 g/mol. The molecule has 1 rings (SSSR count). The van der Waals surface area contributed by atoms with Crippen molar-refractivity contribution in [3.63, 3.8) is 0 Å². The van der Waals surface area contributed by atoms with Gasteiger partial charge in [0.05, 0.1) is 5.57 Å². The minimum absolute atomic E-state index is 0.280. The van der Waals surface area contributed by atoms with Gasteiger partial charge in [-0.25, -0.2) is 0 Å². The number of allylic oxidation sites excluding steroid dienone is 1. The van der Waals surface area contributed by atoms with Crippen LogP contribution in [0.4, 0.5) is 13.2 Å². The van der Waals surface area contributed by atoms with Crippen molar-refractivity contribution in [3.8, 4) is 6.07 Å². The van der Waals surface area contributed by atoms with Crippen LogP contribution in [0.3, 0.4) is 0 Å². The molecule has 1 unspecified atom stereocenters. The van der Waals surface area contributed by atoms with E-state index in [0.29, 0.717) is 0 Å². The fourth-order valence-electron chi connectivity index (χ4n) is 1.14. The largest absolute Gasteiger partial charge is 0.431 e. The predicted octanol–water partition coefficient (Wildman–Crippen LogP) is 0.207. The number of nitrogens with one attached hydrogen (secondary N) is 1. The molecule has 0 aromatic carbocycles. The number of nitriles is 1. The van der Waals surface area contributed by atoms with Gasteiger partial charge in [0.15, 0.2) is 0 Å². The first kappa shape index (κ1) is 10.5. The topological polar surface area (TPSA) is 73.1 Å². The summed E-state index contributed by atoms with van der Waals surface area (Å²) in [5.41, 5.74) is -4.99. The quantitative estimate of drug-likeness (QED) is 0.594. The molecule has 4 nitrogen and oxygen atoms in total. The molecule has 0 aromatic heterocycles. The van der Waals surface area contributed by atoms with Crippen molar-refractivity contribution in [1.82, 2.24) is 5.32 Å². The standard InChI is InChI=1S/C7H5F3N2O2/c1-3-4(2-11)6(14,5(13)12-3)7(8,9)10/h14H,1H3,(H,12,13). The highest BCUT2D eigenvalue weighted by Crippen LogP contribution is 2.40.